The van der Waals surface area contributed by atoms with Crippen molar-refractivity contribution in [1.29, 1.82) is 0 Å². The summed E-state index contributed by atoms with van der Waals surface area (Å²) in [4.78, 5) is 42.6. The van der Waals surface area contributed by atoms with Gasteiger partial charge in [0.15, 0.2) is 5.13 Å². The lowest BCUT2D eigenvalue weighted by Crippen LogP contribution is -2.70. The van der Waals surface area contributed by atoms with Crippen LogP contribution in [0.4, 0.5) is 5.13 Å². The van der Waals surface area contributed by atoms with Crippen molar-refractivity contribution in [1.82, 2.24) is 24.8 Å². The number of carboxylic acids is 1. The van der Waals surface area contributed by atoms with Crippen LogP contribution >= 0.6 is 58.0 Å². The highest BCUT2D eigenvalue weighted by Crippen LogP contribution is 2.42. The van der Waals surface area contributed by atoms with Crippen molar-refractivity contribution in [2.45, 2.75) is 15.6 Å². The molecule has 4 heterocycles. The first-order valence-corrected chi connectivity index (χ1v) is 12.7. The van der Waals surface area contributed by atoms with E-state index in [0.717, 1.165) is 21.1 Å². The van der Waals surface area contributed by atoms with Crippen LogP contribution in [0.25, 0.3) is 5.57 Å². The number of nitrogens with zero attached hydrogens (tertiary/aromatic N) is 4. The van der Waals surface area contributed by atoms with E-state index in [0.29, 0.717) is 22.8 Å². The van der Waals surface area contributed by atoms with E-state index in [2.05, 4.69) is 19.9 Å². The Hall–Kier alpha value is -2.13. The summed E-state index contributed by atoms with van der Waals surface area (Å²) in [6.07, 6.45) is 1.60. The Labute approximate surface area is 197 Å². The van der Waals surface area contributed by atoms with Gasteiger partial charge in [-0.15, -0.1) is 40.0 Å². The van der Waals surface area contributed by atoms with Crippen LogP contribution in [0.1, 0.15) is 5.69 Å². The first kappa shape index (κ1) is 22.1. The van der Waals surface area contributed by atoms with Crippen LogP contribution in [-0.4, -0.2) is 65.3 Å². The molecule has 0 aromatic carbocycles. The molecule has 0 spiro atoms. The summed E-state index contributed by atoms with van der Waals surface area (Å²) in [5, 5.41) is 17.5. The Bertz CT molecular complexity index is 1100. The second-order valence-electron chi connectivity index (χ2n) is 6.24. The normalized spacial score (nSPS) is 21.0. The minimum atomic E-state index is -1.18. The molecule has 15 heteroatoms. The maximum Gasteiger partial charge on any atom is 0.352 e. The Morgan fingerprint density at radius 1 is 1.48 bits per heavy atom. The van der Waals surface area contributed by atoms with Gasteiger partial charge in [0.2, 0.25) is 0 Å². The molecule has 2 aromatic heterocycles. The van der Waals surface area contributed by atoms with E-state index in [1.807, 2.05) is 0 Å². The molecule has 10 nitrogen and oxygen atoms in total. The topological polar surface area (TPSA) is 151 Å². The molecule has 2 aliphatic heterocycles. The van der Waals surface area contributed by atoms with Crippen molar-refractivity contribution in [3.05, 3.63) is 34.1 Å². The number of aromatic nitrogens is 3. The predicted molar refractivity (Wildman–Crippen MR) is 121 cm³/mol. The predicted octanol–water partition coefficient (Wildman–Crippen LogP) is 1.69. The molecular formula is C16H13ClN6O4S4. The van der Waals surface area contributed by atoms with Crippen LogP contribution in [0, 0.1) is 0 Å². The van der Waals surface area contributed by atoms with Crippen LogP contribution in [0.5, 0.6) is 0 Å². The lowest BCUT2D eigenvalue weighted by atomic mass is 10.0. The first-order valence-electron chi connectivity index (χ1n) is 8.53. The number of thioether (sulfide) groups is 2. The maximum absolute atomic E-state index is 12.8. The number of β-lactam (4-membered cyclic amide) rings is 1. The van der Waals surface area contributed by atoms with Crippen molar-refractivity contribution in [3.8, 4) is 0 Å². The molecule has 1 unspecified atom stereocenters. The number of fused-ring (bicyclic) bond motifs is 1. The second kappa shape index (κ2) is 9.16. The minimum Gasteiger partial charge on any atom is -0.477 e. The number of carbonyl (C=O) groups is 3. The van der Waals surface area contributed by atoms with E-state index < -0.39 is 29.2 Å². The number of anilines is 1. The zero-order valence-corrected chi connectivity index (χ0v) is 19.4. The SMILES string of the molecule is Nc1nc(/C(=C\Cl)C(=O)NC2C(=O)N3C(C(=O)O)=C(CSc4cnns4)CS[C@H]23)cs1. The lowest BCUT2D eigenvalue weighted by Gasteiger charge is -2.49. The molecule has 0 saturated carbocycles. The van der Waals surface area contributed by atoms with Gasteiger partial charge in [-0.1, -0.05) is 16.1 Å². The number of halogens is 1. The van der Waals surface area contributed by atoms with Crippen molar-refractivity contribution >= 4 is 86.5 Å². The fourth-order valence-electron chi connectivity index (χ4n) is 3.03. The smallest absolute Gasteiger partial charge is 0.352 e. The number of thiazole rings is 1. The second-order valence-corrected chi connectivity index (χ2v) is 10.5. The molecule has 4 N–H and O–H groups in total. The number of nitrogen functional groups attached to an aromatic ring is 1. The zero-order chi connectivity index (χ0) is 22.1. The van der Waals surface area contributed by atoms with E-state index in [1.54, 1.807) is 11.6 Å². The van der Waals surface area contributed by atoms with Crippen LogP contribution < -0.4 is 11.1 Å². The van der Waals surface area contributed by atoms with Crippen LogP contribution in [-0.2, 0) is 14.4 Å². The highest BCUT2D eigenvalue weighted by molar-refractivity contribution is 8.01. The lowest BCUT2D eigenvalue weighted by molar-refractivity contribution is -0.150. The summed E-state index contributed by atoms with van der Waals surface area (Å²) in [6, 6.07) is -0.866. The van der Waals surface area contributed by atoms with E-state index >= 15 is 0 Å². The van der Waals surface area contributed by atoms with Gasteiger partial charge in [-0.3, -0.25) is 14.5 Å². The molecule has 162 valence electrons. The highest BCUT2D eigenvalue weighted by Gasteiger charge is 2.54. The number of hydrogen-bond acceptors (Lipinski definition) is 11. The number of carbonyl (C=O) groups excluding carboxylic acids is 2. The Morgan fingerprint density at radius 2 is 2.29 bits per heavy atom. The molecule has 2 atom stereocenters. The number of rotatable bonds is 7. The third kappa shape index (κ3) is 4.30. The molecule has 2 aromatic rings. The van der Waals surface area contributed by atoms with Gasteiger partial charge in [0, 0.05) is 22.4 Å². The van der Waals surface area contributed by atoms with Gasteiger partial charge in [0.1, 0.15) is 21.3 Å². The van der Waals surface area contributed by atoms with Gasteiger partial charge < -0.3 is 16.2 Å². The number of nitrogens with two attached hydrogens (primary N) is 1. The summed E-state index contributed by atoms with van der Waals surface area (Å²) >= 11 is 11.0. The van der Waals surface area contributed by atoms with Gasteiger partial charge in [0.05, 0.1) is 17.5 Å². The average Bonchev–Trinajstić information content (AvgIpc) is 3.42. The quantitative estimate of drug-likeness (QED) is 0.281. The van der Waals surface area contributed by atoms with E-state index in [-0.39, 0.29) is 16.4 Å². The van der Waals surface area contributed by atoms with E-state index in [9.17, 15) is 19.5 Å². The fourth-order valence-corrected chi connectivity index (χ4v) is 6.71. The van der Waals surface area contributed by atoms with Gasteiger partial charge >= 0.3 is 5.97 Å². The monoisotopic (exact) mass is 516 g/mol. The number of hydrogen-bond donors (Lipinski definition) is 3. The summed E-state index contributed by atoms with van der Waals surface area (Å²) in [6.45, 7) is 0. The van der Waals surface area contributed by atoms with Gasteiger partial charge in [0.25, 0.3) is 11.8 Å². The van der Waals surface area contributed by atoms with E-state index in [1.165, 1.54) is 40.0 Å². The molecule has 2 amide bonds. The van der Waals surface area contributed by atoms with Crippen molar-refractivity contribution in [3.63, 3.8) is 0 Å². The maximum atomic E-state index is 12.8. The Morgan fingerprint density at radius 3 is 2.90 bits per heavy atom. The number of amides is 2. The number of carboxylic acid groups (broad SMARTS) is 1. The zero-order valence-electron chi connectivity index (χ0n) is 15.4. The Balaban J connectivity index is 1.48. The molecular weight excluding hydrogens is 504 g/mol. The van der Waals surface area contributed by atoms with Crippen molar-refractivity contribution in [2.75, 3.05) is 17.2 Å². The molecule has 1 fully saturated rings. The summed E-state index contributed by atoms with van der Waals surface area (Å²) in [5.41, 5.74) is 7.65. The summed E-state index contributed by atoms with van der Waals surface area (Å²) in [5.74, 6) is -1.44. The van der Waals surface area contributed by atoms with Crippen molar-refractivity contribution in [2.24, 2.45) is 0 Å². The molecule has 0 bridgehead atoms. The molecule has 0 aliphatic carbocycles. The van der Waals surface area contributed by atoms with Crippen LogP contribution in [0.3, 0.4) is 0 Å². The third-order valence-corrected chi connectivity index (χ3v) is 8.57. The standard InChI is InChI=1S/C16H13ClN6O4S4/c17-1-7(8-5-30-16(18)20-8)12(24)21-10-13(25)23-11(15(26)27)6(4-29-14(10)23)3-28-9-2-19-22-31-9/h1-2,5,10,14H,3-4H2,(H2,18,20)(H,21,24)(H,26,27)/b7-1+/t10?,14-/m1/s1. The van der Waals surface area contributed by atoms with Crippen LogP contribution in [0.2, 0.25) is 0 Å². The van der Waals surface area contributed by atoms with Gasteiger partial charge in [-0.25, -0.2) is 9.78 Å². The minimum absolute atomic E-state index is 0.0374. The summed E-state index contributed by atoms with van der Waals surface area (Å²) in [7, 11) is 0. The highest BCUT2D eigenvalue weighted by atomic mass is 35.5. The number of aliphatic carboxylic acids is 1. The van der Waals surface area contributed by atoms with Gasteiger partial charge in [-0.2, -0.15) is 0 Å². The van der Waals surface area contributed by atoms with Crippen molar-refractivity contribution < 1.29 is 19.5 Å². The molecule has 4 rings (SSSR count). The molecule has 1 saturated heterocycles. The molecule has 2 aliphatic rings. The fraction of sp³-hybridized carbons (Fsp3) is 0.250. The van der Waals surface area contributed by atoms with E-state index in [4.69, 9.17) is 17.3 Å². The molecule has 0 radical (unpaired) electrons. The molecule has 31 heavy (non-hydrogen) atoms. The Kier molecular flexibility index (Phi) is 6.52. The largest absolute Gasteiger partial charge is 0.477 e. The van der Waals surface area contributed by atoms with Gasteiger partial charge in [-0.05, 0) is 17.1 Å². The average molecular weight is 517 g/mol. The van der Waals surface area contributed by atoms with Crippen LogP contribution in [0.15, 0.2) is 32.6 Å². The number of nitrogens with one attached hydrogen (secondary N) is 1. The summed E-state index contributed by atoms with van der Waals surface area (Å²) < 4.78 is 4.63. The third-order valence-electron chi connectivity index (χ3n) is 4.42. The first-order chi connectivity index (χ1) is 14.9.